The van der Waals surface area contributed by atoms with Gasteiger partial charge in [-0.15, -0.1) is 0 Å². The van der Waals surface area contributed by atoms with Crippen LogP contribution in [0.25, 0.3) is 0 Å². The molecule has 0 atom stereocenters. The minimum Gasteiger partial charge on any atom is -0.379 e. The second-order valence-corrected chi connectivity index (χ2v) is 4.54. The molecule has 1 aromatic carbocycles. The lowest BCUT2D eigenvalue weighted by atomic mass is 10.1. The highest BCUT2D eigenvalue weighted by Gasteiger charge is 2.08. The lowest BCUT2D eigenvalue weighted by molar-refractivity contribution is -0.120. The van der Waals surface area contributed by atoms with Crippen molar-refractivity contribution in [3.8, 4) is 0 Å². The summed E-state index contributed by atoms with van der Waals surface area (Å²) in [5.74, 6) is -1.62. The molecule has 0 saturated carbocycles. The Morgan fingerprint density at radius 3 is 2.74 bits per heavy atom. The molecular weight excluding hydrogens is 252 g/mol. The standard InChI is InChI=1S/C14H19F2NO2/c1-10(2)19-7-3-6-17-14(18)8-11-4-5-12(15)9-13(11)16/h4-5,9-10H,3,6-8H2,1-2H3,(H,17,18). The number of amides is 1. The molecule has 1 N–H and O–H groups in total. The number of halogens is 2. The van der Waals surface area contributed by atoms with Crippen LogP contribution >= 0.6 is 0 Å². The Bertz CT molecular complexity index is 422. The Hall–Kier alpha value is -1.49. The second-order valence-electron chi connectivity index (χ2n) is 4.54. The highest BCUT2D eigenvalue weighted by molar-refractivity contribution is 5.78. The molecule has 3 nitrogen and oxygen atoms in total. The zero-order valence-electron chi connectivity index (χ0n) is 11.2. The average Bonchev–Trinajstić information content (AvgIpc) is 2.32. The molecular formula is C14H19F2NO2. The van der Waals surface area contributed by atoms with Crippen molar-refractivity contribution in [3.63, 3.8) is 0 Å². The first-order chi connectivity index (χ1) is 8.99. The number of benzene rings is 1. The summed E-state index contributed by atoms with van der Waals surface area (Å²) >= 11 is 0. The molecule has 19 heavy (non-hydrogen) atoms. The predicted molar refractivity (Wildman–Crippen MR) is 68.8 cm³/mol. The lowest BCUT2D eigenvalue weighted by Crippen LogP contribution is -2.27. The van der Waals surface area contributed by atoms with Gasteiger partial charge in [0.15, 0.2) is 0 Å². The van der Waals surface area contributed by atoms with E-state index in [0.29, 0.717) is 19.6 Å². The molecule has 5 heteroatoms. The van der Waals surface area contributed by atoms with Gasteiger partial charge >= 0.3 is 0 Å². The highest BCUT2D eigenvalue weighted by Crippen LogP contribution is 2.09. The lowest BCUT2D eigenvalue weighted by Gasteiger charge is -2.08. The number of rotatable bonds is 7. The van der Waals surface area contributed by atoms with Gasteiger partial charge in [-0.1, -0.05) is 6.07 Å². The monoisotopic (exact) mass is 271 g/mol. The average molecular weight is 271 g/mol. The van der Waals surface area contributed by atoms with Gasteiger partial charge in [0.1, 0.15) is 11.6 Å². The van der Waals surface area contributed by atoms with Crippen molar-refractivity contribution in [2.75, 3.05) is 13.2 Å². The molecule has 0 radical (unpaired) electrons. The topological polar surface area (TPSA) is 38.3 Å². The molecule has 0 heterocycles. The van der Waals surface area contributed by atoms with Crippen LogP contribution in [0.5, 0.6) is 0 Å². The fraction of sp³-hybridized carbons (Fsp3) is 0.500. The van der Waals surface area contributed by atoms with Gasteiger partial charge in [-0.2, -0.15) is 0 Å². The van der Waals surface area contributed by atoms with Gasteiger partial charge < -0.3 is 10.1 Å². The molecule has 0 saturated heterocycles. The van der Waals surface area contributed by atoms with Gasteiger partial charge in [0.05, 0.1) is 12.5 Å². The van der Waals surface area contributed by atoms with Crippen LogP contribution in [0.4, 0.5) is 8.78 Å². The molecule has 106 valence electrons. The summed E-state index contributed by atoms with van der Waals surface area (Å²) in [5, 5.41) is 2.67. The minimum absolute atomic E-state index is 0.0862. The van der Waals surface area contributed by atoms with Crippen LogP contribution in [0.3, 0.4) is 0 Å². The summed E-state index contributed by atoms with van der Waals surface area (Å²) in [6.07, 6.45) is 0.788. The molecule has 0 spiro atoms. The molecule has 0 bridgehead atoms. The summed E-state index contributed by atoms with van der Waals surface area (Å²) in [5.41, 5.74) is 0.192. The zero-order chi connectivity index (χ0) is 14.3. The molecule has 1 rings (SSSR count). The number of hydrogen-bond acceptors (Lipinski definition) is 2. The fourth-order valence-electron chi connectivity index (χ4n) is 1.52. The molecule has 0 aromatic heterocycles. The summed E-state index contributed by atoms with van der Waals surface area (Å²) in [6.45, 7) is 4.93. The Morgan fingerprint density at radius 2 is 2.11 bits per heavy atom. The summed E-state index contributed by atoms with van der Waals surface area (Å²) in [6, 6.07) is 3.20. The summed E-state index contributed by atoms with van der Waals surface area (Å²) < 4.78 is 31.3. The Balaban J connectivity index is 2.27. The minimum atomic E-state index is -0.696. The first-order valence-electron chi connectivity index (χ1n) is 6.31. The van der Waals surface area contributed by atoms with Crippen LogP contribution in [0.15, 0.2) is 18.2 Å². The molecule has 1 aromatic rings. The van der Waals surface area contributed by atoms with Crippen molar-refractivity contribution in [2.24, 2.45) is 0 Å². The van der Waals surface area contributed by atoms with Gasteiger partial charge in [-0.25, -0.2) is 8.78 Å². The van der Waals surface area contributed by atoms with E-state index in [1.54, 1.807) is 0 Å². The number of carbonyl (C=O) groups excluding carboxylic acids is 1. The zero-order valence-corrected chi connectivity index (χ0v) is 11.2. The van der Waals surface area contributed by atoms with Gasteiger partial charge in [0.25, 0.3) is 0 Å². The first kappa shape index (κ1) is 15.6. The van der Waals surface area contributed by atoms with Crippen molar-refractivity contribution >= 4 is 5.91 Å². The van der Waals surface area contributed by atoms with Gasteiger partial charge in [-0.05, 0) is 31.9 Å². The third-order valence-corrected chi connectivity index (χ3v) is 2.46. The Labute approximate surface area is 112 Å². The van der Waals surface area contributed by atoms with Crippen molar-refractivity contribution in [1.29, 1.82) is 0 Å². The van der Waals surface area contributed by atoms with E-state index in [4.69, 9.17) is 4.74 Å². The van der Waals surface area contributed by atoms with Crippen LogP contribution in [-0.2, 0) is 16.0 Å². The number of carbonyl (C=O) groups is 1. The van der Waals surface area contributed by atoms with E-state index < -0.39 is 11.6 Å². The number of hydrogen-bond donors (Lipinski definition) is 1. The van der Waals surface area contributed by atoms with E-state index in [0.717, 1.165) is 12.1 Å². The fourth-order valence-corrected chi connectivity index (χ4v) is 1.52. The quantitative estimate of drug-likeness (QED) is 0.774. The van der Waals surface area contributed by atoms with E-state index in [1.165, 1.54) is 6.07 Å². The van der Waals surface area contributed by atoms with Crippen molar-refractivity contribution in [3.05, 3.63) is 35.4 Å². The van der Waals surface area contributed by atoms with Crippen molar-refractivity contribution in [1.82, 2.24) is 5.32 Å². The number of ether oxygens (including phenoxy) is 1. The van der Waals surface area contributed by atoms with Crippen LogP contribution in [0.2, 0.25) is 0 Å². The molecule has 1 amide bonds. The maximum Gasteiger partial charge on any atom is 0.224 e. The Kier molecular flexibility index (Phi) is 6.42. The van der Waals surface area contributed by atoms with Gasteiger partial charge in [0, 0.05) is 19.2 Å². The van der Waals surface area contributed by atoms with Crippen LogP contribution < -0.4 is 5.32 Å². The van der Waals surface area contributed by atoms with E-state index in [-0.39, 0.29) is 24.0 Å². The van der Waals surface area contributed by atoms with Crippen LogP contribution in [0.1, 0.15) is 25.8 Å². The normalized spacial score (nSPS) is 10.8. The summed E-state index contributed by atoms with van der Waals surface area (Å²) in [7, 11) is 0. The second kappa shape index (κ2) is 7.84. The molecule has 0 unspecified atom stereocenters. The molecule has 0 fully saturated rings. The third kappa shape index (κ3) is 6.29. The maximum atomic E-state index is 13.3. The van der Waals surface area contributed by atoms with Crippen molar-refractivity contribution in [2.45, 2.75) is 32.8 Å². The van der Waals surface area contributed by atoms with E-state index in [1.807, 2.05) is 13.8 Å². The van der Waals surface area contributed by atoms with Gasteiger partial charge in [-0.3, -0.25) is 4.79 Å². The molecule has 0 aliphatic carbocycles. The van der Waals surface area contributed by atoms with Crippen molar-refractivity contribution < 1.29 is 18.3 Å². The van der Waals surface area contributed by atoms with Gasteiger partial charge in [0.2, 0.25) is 5.91 Å². The van der Waals surface area contributed by atoms with E-state index in [2.05, 4.69) is 5.32 Å². The largest absolute Gasteiger partial charge is 0.379 e. The SMILES string of the molecule is CC(C)OCCCNC(=O)Cc1ccc(F)cc1F. The van der Waals surface area contributed by atoms with Crippen LogP contribution in [0, 0.1) is 11.6 Å². The maximum absolute atomic E-state index is 13.3. The van der Waals surface area contributed by atoms with E-state index >= 15 is 0 Å². The van der Waals surface area contributed by atoms with Crippen LogP contribution in [-0.4, -0.2) is 25.2 Å². The molecule has 0 aliphatic heterocycles. The third-order valence-electron chi connectivity index (χ3n) is 2.46. The highest BCUT2D eigenvalue weighted by atomic mass is 19.1. The predicted octanol–water partition coefficient (Wildman–Crippen LogP) is 2.44. The molecule has 0 aliphatic rings. The smallest absolute Gasteiger partial charge is 0.224 e. The Morgan fingerprint density at radius 1 is 1.37 bits per heavy atom. The number of nitrogens with one attached hydrogen (secondary N) is 1. The first-order valence-corrected chi connectivity index (χ1v) is 6.31. The van der Waals surface area contributed by atoms with E-state index in [9.17, 15) is 13.6 Å². The summed E-state index contributed by atoms with van der Waals surface area (Å²) in [4.78, 5) is 11.5.